The largest absolute Gasteiger partial charge is 0.461 e. The first-order valence-corrected chi connectivity index (χ1v) is 4.35. The molecule has 0 radical (unpaired) electrons. The average Bonchev–Trinajstić information content (AvgIpc) is 1.97. The van der Waals surface area contributed by atoms with Crippen LogP contribution in [0.5, 0.6) is 0 Å². The van der Waals surface area contributed by atoms with Crippen molar-refractivity contribution in [3.8, 4) is 0 Å². The molecule has 1 heterocycles. The molecule has 0 spiro atoms. The minimum atomic E-state index is -0.418. The summed E-state index contributed by atoms with van der Waals surface area (Å²) >= 11 is 3.39. The zero-order valence-electron chi connectivity index (χ0n) is 6.96. The molecule has 0 bridgehead atoms. The van der Waals surface area contributed by atoms with Gasteiger partial charge in [-0.05, 0) is 6.92 Å². The summed E-state index contributed by atoms with van der Waals surface area (Å²) in [6.45, 7) is 2.29. The Labute approximate surface area is 79.0 Å². The Balaban J connectivity index is 2.89. The summed E-state index contributed by atoms with van der Waals surface area (Å²) in [5, 5.41) is 3.61. The van der Waals surface area contributed by atoms with Crippen LogP contribution in [-0.2, 0) is 14.4 Å². The molecule has 0 aromatic heterocycles. The van der Waals surface area contributed by atoms with Crippen LogP contribution in [0.4, 0.5) is 0 Å². The number of hydrogen-bond acceptors (Lipinski definition) is 4. The molecule has 0 aliphatic carbocycles. The van der Waals surface area contributed by atoms with Crippen LogP contribution in [0.25, 0.3) is 0 Å². The van der Waals surface area contributed by atoms with E-state index in [-0.39, 0.29) is 5.71 Å². The Morgan fingerprint density at radius 2 is 2.42 bits per heavy atom. The SMILES string of the molecule is CON=C1C(=O)OCCC1(C)Br. The van der Waals surface area contributed by atoms with Gasteiger partial charge in [0, 0.05) is 6.42 Å². The van der Waals surface area contributed by atoms with E-state index in [1.165, 1.54) is 7.11 Å². The highest BCUT2D eigenvalue weighted by atomic mass is 79.9. The van der Waals surface area contributed by atoms with E-state index in [1.54, 1.807) is 0 Å². The predicted molar refractivity (Wildman–Crippen MR) is 47.4 cm³/mol. The van der Waals surface area contributed by atoms with Crippen LogP contribution in [0.15, 0.2) is 5.16 Å². The van der Waals surface area contributed by atoms with Crippen molar-refractivity contribution in [3.63, 3.8) is 0 Å². The predicted octanol–water partition coefficient (Wildman–Crippen LogP) is 1.09. The van der Waals surface area contributed by atoms with E-state index < -0.39 is 10.3 Å². The van der Waals surface area contributed by atoms with Gasteiger partial charge in [0.2, 0.25) is 0 Å². The number of carbonyl (C=O) groups excluding carboxylic acids is 1. The molecule has 68 valence electrons. The molecule has 0 N–H and O–H groups in total. The molecule has 0 amide bonds. The van der Waals surface area contributed by atoms with Crippen LogP contribution in [0.2, 0.25) is 0 Å². The standard InChI is InChI=1S/C7H10BrNO3/c1-7(8)3-4-12-6(10)5(7)9-11-2/h3-4H2,1-2H3. The van der Waals surface area contributed by atoms with Crippen molar-refractivity contribution < 1.29 is 14.4 Å². The van der Waals surface area contributed by atoms with Gasteiger partial charge in [-0.2, -0.15) is 0 Å². The number of esters is 1. The highest BCUT2D eigenvalue weighted by Crippen LogP contribution is 2.28. The second-order valence-corrected chi connectivity index (χ2v) is 4.46. The normalized spacial score (nSPS) is 33.2. The second kappa shape index (κ2) is 3.43. The van der Waals surface area contributed by atoms with E-state index in [4.69, 9.17) is 4.74 Å². The lowest BCUT2D eigenvalue weighted by molar-refractivity contribution is -0.137. The highest BCUT2D eigenvalue weighted by molar-refractivity contribution is 9.10. The molecule has 1 aliphatic rings. The van der Waals surface area contributed by atoms with E-state index >= 15 is 0 Å². The van der Waals surface area contributed by atoms with Gasteiger partial charge in [-0.3, -0.25) is 0 Å². The third kappa shape index (κ3) is 1.77. The van der Waals surface area contributed by atoms with Crippen molar-refractivity contribution in [2.45, 2.75) is 17.7 Å². The first-order chi connectivity index (χ1) is 5.58. The zero-order valence-corrected chi connectivity index (χ0v) is 8.55. The summed E-state index contributed by atoms with van der Waals surface area (Å²) < 4.78 is 4.38. The van der Waals surface area contributed by atoms with Gasteiger partial charge in [0.15, 0.2) is 5.71 Å². The summed E-state index contributed by atoms with van der Waals surface area (Å²) in [4.78, 5) is 15.7. The van der Waals surface area contributed by atoms with Crippen LogP contribution >= 0.6 is 15.9 Å². The van der Waals surface area contributed by atoms with Crippen LogP contribution < -0.4 is 0 Å². The maximum atomic E-state index is 11.1. The smallest absolute Gasteiger partial charge is 0.357 e. The number of hydrogen-bond donors (Lipinski definition) is 0. The van der Waals surface area contributed by atoms with Crippen LogP contribution in [0.3, 0.4) is 0 Å². The number of alkyl halides is 1. The fourth-order valence-corrected chi connectivity index (χ4v) is 1.35. The van der Waals surface area contributed by atoms with Gasteiger partial charge >= 0.3 is 5.97 Å². The number of ether oxygens (including phenoxy) is 1. The fraction of sp³-hybridized carbons (Fsp3) is 0.714. The highest BCUT2D eigenvalue weighted by Gasteiger charge is 2.38. The summed E-state index contributed by atoms with van der Waals surface area (Å²) in [6.07, 6.45) is 0.709. The number of halogens is 1. The summed E-state index contributed by atoms with van der Waals surface area (Å²) in [5.41, 5.74) is 0.288. The number of rotatable bonds is 1. The Kier molecular flexibility index (Phi) is 2.72. The van der Waals surface area contributed by atoms with Gasteiger partial charge in [-0.1, -0.05) is 21.1 Å². The number of nitrogens with zero attached hydrogens (tertiary/aromatic N) is 1. The quantitative estimate of drug-likeness (QED) is 0.389. The van der Waals surface area contributed by atoms with Gasteiger partial charge in [-0.25, -0.2) is 4.79 Å². The average molecular weight is 236 g/mol. The third-order valence-corrected chi connectivity index (χ3v) is 2.45. The fourth-order valence-electron chi connectivity index (χ4n) is 0.959. The molecule has 12 heavy (non-hydrogen) atoms. The van der Waals surface area contributed by atoms with E-state index in [1.807, 2.05) is 6.92 Å². The van der Waals surface area contributed by atoms with E-state index in [0.29, 0.717) is 13.0 Å². The van der Waals surface area contributed by atoms with Crippen molar-refractivity contribution in [1.82, 2.24) is 0 Å². The summed E-state index contributed by atoms with van der Waals surface area (Å²) in [6, 6.07) is 0. The molecular formula is C7H10BrNO3. The summed E-state index contributed by atoms with van der Waals surface area (Å²) in [7, 11) is 1.40. The molecule has 5 heteroatoms. The molecule has 1 aliphatic heterocycles. The zero-order chi connectivity index (χ0) is 9.19. The molecule has 1 saturated heterocycles. The lowest BCUT2D eigenvalue weighted by Crippen LogP contribution is -2.42. The van der Waals surface area contributed by atoms with Crippen LogP contribution in [0.1, 0.15) is 13.3 Å². The topological polar surface area (TPSA) is 47.9 Å². The van der Waals surface area contributed by atoms with Crippen LogP contribution in [0, 0.1) is 0 Å². The summed E-state index contributed by atoms with van der Waals surface area (Å²) in [5.74, 6) is -0.414. The number of cyclic esters (lactones) is 1. The van der Waals surface area contributed by atoms with Crippen molar-refractivity contribution in [1.29, 1.82) is 0 Å². The lowest BCUT2D eigenvalue weighted by atomic mass is 10.00. The van der Waals surface area contributed by atoms with E-state index in [0.717, 1.165) is 0 Å². The van der Waals surface area contributed by atoms with Crippen molar-refractivity contribution in [3.05, 3.63) is 0 Å². The first-order valence-electron chi connectivity index (χ1n) is 3.55. The molecule has 4 nitrogen and oxygen atoms in total. The van der Waals surface area contributed by atoms with Gasteiger partial charge in [-0.15, -0.1) is 0 Å². The Morgan fingerprint density at radius 3 is 2.92 bits per heavy atom. The van der Waals surface area contributed by atoms with Crippen molar-refractivity contribution in [2.24, 2.45) is 5.16 Å². The van der Waals surface area contributed by atoms with E-state index in [9.17, 15) is 4.79 Å². The molecule has 1 unspecified atom stereocenters. The number of oxime groups is 1. The minimum Gasteiger partial charge on any atom is -0.461 e. The van der Waals surface area contributed by atoms with Gasteiger partial charge in [0.25, 0.3) is 0 Å². The second-order valence-electron chi connectivity index (χ2n) is 2.71. The molecule has 0 aromatic carbocycles. The Morgan fingerprint density at radius 1 is 1.75 bits per heavy atom. The molecular weight excluding hydrogens is 226 g/mol. The van der Waals surface area contributed by atoms with E-state index in [2.05, 4.69) is 25.9 Å². The maximum Gasteiger partial charge on any atom is 0.357 e. The minimum absolute atomic E-state index is 0.288. The number of carbonyl (C=O) groups is 1. The van der Waals surface area contributed by atoms with Crippen molar-refractivity contribution >= 4 is 27.6 Å². The first kappa shape index (κ1) is 9.51. The molecule has 0 saturated carbocycles. The monoisotopic (exact) mass is 235 g/mol. The molecule has 0 aromatic rings. The Hall–Kier alpha value is -0.580. The maximum absolute atomic E-state index is 11.1. The van der Waals surface area contributed by atoms with Gasteiger partial charge in [0.05, 0.1) is 10.9 Å². The molecule has 1 atom stereocenters. The molecule has 1 rings (SSSR count). The Bertz CT molecular complexity index is 225. The van der Waals surface area contributed by atoms with Gasteiger partial charge < -0.3 is 9.57 Å². The van der Waals surface area contributed by atoms with Crippen LogP contribution in [-0.4, -0.2) is 29.7 Å². The lowest BCUT2D eigenvalue weighted by Gasteiger charge is -2.26. The van der Waals surface area contributed by atoms with Crippen molar-refractivity contribution in [2.75, 3.05) is 13.7 Å². The molecule has 1 fully saturated rings. The third-order valence-electron chi connectivity index (χ3n) is 1.67. The van der Waals surface area contributed by atoms with Gasteiger partial charge in [0.1, 0.15) is 7.11 Å².